The van der Waals surface area contributed by atoms with Crippen LogP contribution in [0.1, 0.15) is 46.0 Å². The second-order valence-electron chi connectivity index (χ2n) is 3.74. The molecule has 0 amide bonds. The molecule has 0 nitrogen and oxygen atoms in total. The van der Waals surface area contributed by atoms with Crippen LogP contribution in [0.5, 0.6) is 0 Å². The maximum atomic E-state index is 3.97. The molecule has 0 saturated carbocycles. The van der Waals surface area contributed by atoms with E-state index in [2.05, 4.69) is 26.7 Å². The van der Waals surface area contributed by atoms with Gasteiger partial charge in [-0.1, -0.05) is 39.7 Å². The Morgan fingerprint density at radius 1 is 1.25 bits per heavy atom. The minimum Gasteiger partial charge on any atom is -0.135 e. The topological polar surface area (TPSA) is 0 Å². The summed E-state index contributed by atoms with van der Waals surface area (Å²) in [7, 11) is 0. The zero-order valence-electron chi connectivity index (χ0n) is 8.73. The summed E-state index contributed by atoms with van der Waals surface area (Å²) < 4.78 is 0. The summed E-state index contributed by atoms with van der Waals surface area (Å²) in [6.45, 7) is 8.55. The molecule has 1 heteroatoms. The van der Waals surface area contributed by atoms with Crippen LogP contribution in [0.2, 0.25) is 0 Å². The SMILES string of the molecule is C=C(CCCCCC(C)C)SC. The molecule has 0 unspecified atom stereocenters. The van der Waals surface area contributed by atoms with Crippen molar-refractivity contribution < 1.29 is 0 Å². The summed E-state index contributed by atoms with van der Waals surface area (Å²) in [5.41, 5.74) is 0. The standard InChI is InChI=1S/C11H22S/c1-10(2)8-6-5-7-9-11(3)12-4/h10H,3,5-9H2,1-2,4H3. The van der Waals surface area contributed by atoms with E-state index < -0.39 is 0 Å². The third-order valence-electron chi connectivity index (χ3n) is 2.03. The number of allylic oxidation sites excluding steroid dienone is 1. The zero-order chi connectivity index (χ0) is 9.40. The lowest BCUT2D eigenvalue weighted by Crippen LogP contribution is -1.87. The molecule has 72 valence electrons. The first-order valence-electron chi connectivity index (χ1n) is 4.88. The molecule has 0 aliphatic heterocycles. The maximum Gasteiger partial charge on any atom is -0.0140 e. The second-order valence-corrected chi connectivity index (χ2v) is 4.72. The Labute approximate surface area is 81.8 Å². The van der Waals surface area contributed by atoms with Gasteiger partial charge in [0.2, 0.25) is 0 Å². The molecular formula is C11H22S. The fraction of sp³-hybridized carbons (Fsp3) is 0.818. The highest BCUT2D eigenvalue weighted by Gasteiger charge is 1.95. The minimum atomic E-state index is 0.869. The molecule has 0 aliphatic carbocycles. The number of thioether (sulfide) groups is 1. The quantitative estimate of drug-likeness (QED) is 0.529. The smallest absolute Gasteiger partial charge is 0.0140 e. The summed E-state index contributed by atoms with van der Waals surface area (Å²) in [6, 6.07) is 0. The van der Waals surface area contributed by atoms with Crippen molar-refractivity contribution in [1.29, 1.82) is 0 Å². The van der Waals surface area contributed by atoms with Gasteiger partial charge in [-0.2, -0.15) is 0 Å². The van der Waals surface area contributed by atoms with Crippen LogP contribution >= 0.6 is 11.8 Å². The molecule has 0 spiro atoms. The van der Waals surface area contributed by atoms with Crippen molar-refractivity contribution in [3.05, 3.63) is 11.5 Å². The lowest BCUT2D eigenvalue weighted by atomic mass is 10.0. The van der Waals surface area contributed by atoms with Crippen LogP contribution in [0.3, 0.4) is 0 Å². The van der Waals surface area contributed by atoms with Gasteiger partial charge in [-0.05, 0) is 29.9 Å². The van der Waals surface area contributed by atoms with Crippen molar-refractivity contribution in [2.75, 3.05) is 6.26 Å². The van der Waals surface area contributed by atoms with Crippen molar-refractivity contribution in [2.45, 2.75) is 46.0 Å². The summed E-state index contributed by atoms with van der Waals surface area (Å²) in [5.74, 6) is 0.869. The number of hydrogen-bond acceptors (Lipinski definition) is 1. The molecule has 0 bridgehead atoms. The van der Waals surface area contributed by atoms with Gasteiger partial charge in [-0.3, -0.25) is 0 Å². The highest BCUT2D eigenvalue weighted by Crippen LogP contribution is 2.18. The first-order valence-corrected chi connectivity index (χ1v) is 6.11. The van der Waals surface area contributed by atoms with Crippen molar-refractivity contribution in [3.63, 3.8) is 0 Å². The van der Waals surface area contributed by atoms with Crippen molar-refractivity contribution in [3.8, 4) is 0 Å². The third-order valence-corrected chi connectivity index (χ3v) is 2.81. The molecule has 0 fully saturated rings. The van der Waals surface area contributed by atoms with Gasteiger partial charge >= 0.3 is 0 Å². The zero-order valence-corrected chi connectivity index (χ0v) is 9.54. The second kappa shape index (κ2) is 7.72. The van der Waals surface area contributed by atoms with Crippen molar-refractivity contribution in [1.82, 2.24) is 0 Å². The molecule has 0 heterocycles. The average molecular weight is 186 g/mol. The van der Waals surface area contributed by atoms with Gasteiger partial charge in [0.15, 0.2) is 0 Å². The van der Waals surface area contributed by atoms with Gasteiger partial charge in [0.05, 0.1) is 0 Å². The fourth-order valence-electron chi connectivity index (χ4n) is 1.15. The Kier molecular flexibility index (Phi) is 7.78. The molecule has 0 N–H and O–H groups in total. The molecule has 0 radical (unpaired) electrons. The molecule has 0 aliphatic rings. The molecule has 12 heavy (non-hydrogen) atoms. The Morgan fingerprint density at radius 2 is 1.92 bits per heavy atom. The van der Waals surface area contributed by atoms with Gasteiger partial charge in [-0.15, -0.1) is 11.8 Å². The highest BCUT2D eigenvalue weighted by molar-refractivity contribution is 8.02. The van der Waals surface area contributed by atoms with Crippen LogP contribution in [-0.4, -0.2) is 6.26 Å². The van der Waals surface area contributed by atoms with Gasteiger partial charge in [0.25, 0.3) is 0 Å². The average Bonchev–Trinajstić information content (AvgIpc) is 2.03. The highest BCUT2D eigenvalue weighted by atomic mass is 32.2. The van der Waals surface area contributed by atoms with Crippen LogP contribution in [-0.2, 0) is 0 Å². The monoisotopic (exact) mass is 186 g/mol. The first kappa shape index (κ1) is 12.1. The summed E-state index contributed by atoms with van der Waals surface area (Å²) in [4.78, 5) is 1.33. The maximum absolute atomic E-state index is 3.97. The number of hydrogen-bond donors (Lipinski definition) is 0. The van der Waals surface area contributed by atoms with E-state index in [1.54, 1.807) is 11.8 Å². The van der Waals surface area contributed by atoms with E-state index in [4.69, 9.17) is 0 Å². The molecule has 0 rings (SSSR count). The van der Waals surface area contributed by atoms with Gasteiger partial charge in [-0.25, -0.2) is 0 Å². The lowest BCUT2D eigenvalue weighted by molar-refractivity contribution is 0.528. The molecule has 0 aromatic rings. The minimum absolute atomic E-state index is 0.869. The third kappa shape index (κ3) is 8.19. The van der Waals surface area contributed by atoms with Crippen molar-refractivity contribution in [2.24, 2.45) is 5.92 Å². The van der Waals surface area contributed by atoms with E-state index in [0.29, 0.717) is 0 Å². The lowest BCUT2D eigenvalue weighted by Gasteiger charge is -2.04. The first-order chi connectivity index (χ1) is 5.66. The van der Waals surface area contributed by atoms with Gasteiger partial charge in [0.1, 0.15) is 0 Å². The summed E-state index contributed by atoms with van der Waals surface area (Å²) in [5, 5.41) is 0. The molecule has 0 saturated heterocycles. The van der Waals surface area contributed by atoms with Crippen molar-refractivity contribution >= 4 is 11.8 Å². The summed E-state index contributed by atoms with van der Waals surface area (Å²) >= 11 is 1.79. The van der Waals surface area contributed by atoms with E-state index in [0.717, 1.165) is 5.92 Å². The van der Waals surface area contributed by atoms with Crippen LogP contribution in [0.4, 0.5) is 0 Å². The van der Waals surface area contributed by atoms with E-state index in [1.807, 2.05) is 0 Å². The molecule has 0 aromatic heterocycles. The van der Waals surface area contributed by atoms with Crippen LogP contribution in [0.25, 0.3) is 0 Å². The van der Waals surface area contributed by atoms with E-state index in [1.165, 1.54) is 37.0 Å². The number of rotatable bonds is 7. The largest absolute Gasteiger partial charge is 0.135 e. The molecule has 0 aromatic carbocycles. The van der Waals surface area contributed by atoms with E-state index in [-0.39, 0.29) is 0 Å². The van der Waals surface area contributed by atoms with Gasteiger partial charge < -0.3 is 0 Å². The Hall–Kier alpha value is 0.0900. The van der Waals surface area contributed by atoms with Crippen LogP contribution in [0.15, 0.2) is 11.5 Å². The number of unbranched alkanes of at least 4 members (excludes halogenated alkanes) is 2. The Morgan fingerprint density at radius 3 is 2.42 bits per heavy atom. The van der Waals surface area contributed by atoms with Crippen LogP contribution in [0, 0.1) is 5.92 Å². The molecule has 0 atom stereocenters. The summed E-state index contributed by atoms with van der Waals surface area (Å²) in [6.07, 6.45) is 8.78. The predicted molar refractivity (Wildman–Crippen MR) is 60.6 cm³/mol. The normalized spacial score (nSPS) is 10.7. The van der Waals surface area contributed by atoms with Crippen LogP contribution < -0.4 is 0 Å². The Balaban J connectivity index is 3.05. The predicted octanol–water partition coefficient (Wildman–Crippen LogP) is 4.47. The fourth-order valence-corrected chi connectivity index (χ4v) is 1.50. The van der Waals surface area contributed by atoms with E-state index in [9.17, 15) is 0 Å². The van der Waals surface area contributed by atoms with E-state index >= 15 is 0 Å². The van der Waals surface area contributed by atoms with Gasteiger partial charge in [0, 0.05) is 0 Å². The Bertz CT molecular complexity index is 116. The molecular weight excluding hydrogens is 164 g/mol.